The van der Waals surface area contributed by atoms with Crippen LogP contribution in [0, 0.1) is 13.8 Å². The number of hydrogen-bond donors (Lipinski definition) is 2. The molecule has 118 valence electrons. The molecule has 2 N–H and O–H groups in total. The van der Waals surface area contributed by atoms with Crippen molar-refractivity contribution in [3.8, 4) is 0 Å². The first kappa shape index (κ1) is 15.3. The number of aryl methyl sites for hydroxylation is 2. The van der Waals surface area contributed by atoms with Crippen molar-refractivity contribution in [3.05, 3.63) is 71.2 Å². The van der Waals surface area contributed by atoms with E-state index in [4.69, 9.17) is 4.42 Å². The van der Waals surface area contributed by atoms with Crippen LogP contribution in [0.3, 0.4) is 0 Å². The Kier molecular flexibility index (Phi) is 4.17. The van der Waals surface area contributed by atoms with E-state index < -0.39 is 6.10 Å². The van der Waals surface area contributed by atoms with E-state index in [1.54, 1.807) is 19.9 Å². The molecule has 23 heavy (non-hydrogen) atoms. The molecule has 1 aromatic heterocycles. The molecule has 1 heterocycles. The fourth-order valence-corrected chi connectivity index (χ4v) is 2.79. The highest BCUT2D eigenvalue weighted by Crippen LogP contribution is 2.24. The molecule has 0 aliphatic heterocycles. The maximum absolute atomic E-state index is 12.2. The van der Waals surface area contributed by atoms with Gasteiger partial charge in [0.2, 0.25) is 0 Å². The minimum Gasteiger partial charge on any atom is -0.466 e. The van der Waals surface area contributed by atoms with Crippen molar-refractivity contribution in [3.63, 3.8) is 0 Å². The Labute approximate surface area is 134 Å². The van der Waals surface area contributed by atoms with Gasteiger partial charge < -0.3 is 14.8 Å². The molecule has 2 aromatic carbocycles. The van der Waals surface area contributed by atoms with Crippen molar-refractivity contribution < 1.29 is 14.3 Å². The van der Waals surface area contributed by atoms with Crippen LogP contribution in [0.15, 0.2) is 52.9 Å². The van der Waals surface area contributed by atoms with Crippen LogP contribution in [0.4, 0.5) is 0 Å². The van der Waals surface area contributed by atoms with Gasteiger partial charge in [0.15, 0.2) is 0 Å². The molecule has 0 aliphatic rings. The Bertz CT molecular complexity index is 845. The minimum atomic E-state index is -0.765. The van der Waals surface area contributed by atoms with E-state index in [9.17, 15) is 9.90 Å². The average molecular weight is 309 g/mol. The largest absolute Gasteiger partial charge is 0.466 e. The van der Waals surface area contributed by atoms with Gasteiger partial charge in [0, 0.05) is 6.54 Å². The maximum Gasteiger partial charge on any atom is 0.254 e. The van der Waals surface area contributed by atoms with E-state index in [1.165, 1.54) is 0 Å². The van der Waals surface area contributed by atoms with Gasteiger partial charge in [-0.1, -0.05) is 42.5 Å². The van der Waals surface area contributed by atoms with Crippen LogP contribution in [0.2, 0.25) is 0 Å². The second-order valence-electron chi connectivity index (χ2n) is 5.62. The van der Waals surface area contributed by atoms with Crippen LogP contribution in [-0.4, -0.2) is 17.6 Å². The summed E-state index contributed by atoms with van der Waals surface area (Å²) in [6, 6.07) is 15.4. The highest BCUT2D eigenvalue weighted by atomic mass is 16.3. The number of carbonyl (C=O) groups is 1. The first-order chi connectivity index (χ1) is 11.1. The molecule has 0 spiro atoms. The van der Waals surface area contributed by atoms with Crippen molar-refractivity contribution in [2.24, 2.45) is 0 Å². The van der Waals surface area contributed by atoms with Crippen LogP contribution in [0.5, 0.6) is 0 Å². The van der Waals surface area contributed by atoms with Crippen LogP contribution in [0.1, 0.15) is 33.5 Å². The first-order valence-corrected chi connectivity index (χ1v) is 7.57. The van der Waals surface area contributed by atoms with Gasteiger partial charge >= 0.3 is 0 Å². The zero-order chi connectivity index (χ0) is 16.4. The third-order valence-electron chi connectivity index (χ3n) is 3.92. The molecule has 0 fully saturated rings. The Morgan fingerprint density at radius 3 is 2.65 bits per heavy atom. The van der Waals surface area contributed by atoms with Crippen LogP contribution in [0.25, 0.3) is 10.8 Å². The summed E-state index contributed by atoms with van der Waals surface area (Å²) in [6.45, 7) is 3.70. The van der Waals surface area contributed by atoms with Gasteiger partial charge in [-0.2, -0.15) is 0 Å². The quantitative estimate of drug-likeness (QED) is 0.775. The van der Waals surface area contributed by atoms with Gasteiger partial charge in [-0.15, -0.1) is 0 Å². The lowest BCUT2D eigenvalue weighted by atomic mass is 10.0. The smallest absolute Gasteiger partial charge is 0.254 e. The second-order valence-corrected chi connectivity index (χ2v) is 5.62. The van der Waals surface area contributed by atoms with Crippen molar-refractivity contribution in [1.82, 2.24) is 5.32 Å². The van der Waals surface area contributed by atoms with E-state index >= 15 is 0 Å². The molecule has 1 amide bonds. The van der Waals surface area contributed by atoms with Gasteiger partial charge in [0.05, 0.1) is 11.7 Å². The van der Waals surface area contributed by atoms with Crippen molar-refractivity contribution in [2.75, 3.05) is 6.54 Å². The number of nitrogens with one attached hydrogen (secondary N) is 1. The molecule has 3 aromatic rings. The van der Waals surface area contributed by atoms with Gasteiger partial charge in [-0.3, -0.25) is 4.79 Å². The van der Waals surface area contributed by atoms with E-state index in [1.807, 2.05) is 42.5 Å². The molecule has 0 radical (unpaired) electrons. The van der Waals surface area contributed by atoms with Crippen molar-refractivity contribution in [1.29, 1.82) is 0 Å². The summed E-state index contributed by atoms with van der Waals surface area (Å²) in [4.78, 5) is 12.2. The monoisotopic (exact) mass is 309 g/mol. The predicted octanol–water partition coefficient (Wildman–Crippen LogP) is 3.51. The fraction of sp³-hybridized carbons (Fsp3) is 0.211. The Morgan fingerprint density at radius 2 is 1.91 bits per heavy atom. The summed E-state index contributed by atoms with van der Waals surface area (Å²) < 4.78 is 5.36. The number of furan rings is 1. The summed E-state index contributed by atoms with van der Waals surface area (Å²) in [5.74, 6) is 1.04. The van der Waals surface area contributed by atoms with Crippen LogP contribution < -0.4 is 5.32 Å². The molecule has 0 saturated heterocycles. The molecule has 0 bridgehead atoms. The Hall–Kier alpha value is -2.59. The molecular weight excluding hydrogens is 290 g/mol. The number of carbonyl (C=O) groups excluding carboxylic acids is 1. The second kappa shape index (κ2) is 6.26. The molecule has 0 unspecified atom stereocenters. The number of benzene rings is 2. The predicted molar refractivity (Wildman–Crippen MR) is 89.4 cm³/mol. The van der Waals surface area contributed by atoms with E-state index in [0.29, 0.717) is 17.1 Å². The summed E-state index contributed by atoms with van der Waals surface area (Å²) in [5, 5.41) is 15.3. The zero-order valence-electron chi connectivity index (χ0n) is 13.2. The number of aliphatic hydroxyl groups excluding tert-OH is 1. The van der Waals surface area contributed by atoms with Crippen molar-refractivity contribution >= 4 is 16.7 Å². The SMILES string of the molecule is Cc1cc(C(=O)NC[C@H](O)c2cccc3ccccc23)c(C)o1. The Morgan fingerprint density at radius 1 is 1.17 bits per heavy atom. The zero-order valence-corrected chi connectivity index (χ0v) is 13.2. The molecule has 4 heteroatoms. The first-order valence-electron chi connectivity index (χ1n) is 7.57. The van der Waals surface area contributed by atoms with E-state index in [2.05, 4.69) is 5.32 Å². The minimum absolute atomic E-state index is 0.149. The number of rotatable bonds is 4. The van der Waals surface area contributed by atoms with E-state index in [0.717, 1.165) is 16.3 Å². The van der Waals surface area contributed by atoms with Crippen LogP contribution in [-0.2, 0) is 0 Å². The number of fused-ring (bicyclic) bond motifs is 1. The normalized spacial score (nSPS) is 12.3. The lowest BCUT2D eigenvalue weighted by Gasteiger charge is -2.14. The van der Waals surface area contributed by atoms with Gasteiger partial charge in [-0.25, -0.2) is 0 Å². The summed E-state index contributed by atoms with van der Waals surface area (Å²) >= 11 is 0. The molecule has 1 atom stereocenters. The van der Waals surface area contributed by atoms with Gasteiger partial charge in [0.1, 0.15) is 11.5 Å². The average Bonchev–Trinajstić information content (AvgIpc) is 2.90. The summed E-state index contributed by atoms with van der Waals surface area (Å²) in [5.41, 5.74) is 1.32. The molecule has 0 saturated carbocycles. The number of amides is 1. The van der Waals surface area contributed by atoms with E-state index in [-0.39, 0.29) is 12.5 Å². The fourth-order valence-electron chi connectivity index (χ4n) is 2.79. The Balaban J connectivity index is 1.75. The topological polar surface area (TPSA) is 62.5 Å². The van der Waals surface area contributed by atoms with Gasteiger partial charge in [-0.05, 0) is 36.2 Å². The maximum atomic E-state index is 12.2. The van der Waals surface area contributed by atoms with Crippen molar-refractivity contribution in [2.45, 2.75) is 20.0 Å². The number of hydrogen-bond acceptors (Lipinski definition) is 3. The lowest BCUT2D eigenvalue weighted by Crippen LogP contribution is -2.28. The van der Waals surface area contributed by atoms with Crippen LogP contribution >= 0.6 is 0 Å². The lowest BCUT2D eigenvalue weighted by molar-refractivity contribution is 0.0915. The molecule has 4 nitrogen and oxygen atoms in total. The highest BCUT2D eigenvalue weighted by molar-refractivity contribution is 5.95. The highest BCUT2D eigenvalue weighted by Gasteiger charge is 2.16. The molecule has 0 aliphatic carbocycles. The van der Waals surface area contributed by atoms with Gasteiger partial charge in [0.25, 0.3) is 5.91 Å². The summed E-state index contributed by atoms with van der Waals surface area (Å²) in [7, 11) is 0. The molecule has 3 rings (SSSR count). The standard InChI is InChI=1S/C19H19NO3/c1-12-10-17(13(2)23-12)19(22)20-11-18(21)16-9-5-7-14-6-3-4-8-15(14)16/h3-10,18,21H,11H2,1-2H3,(H,20,22)/t18-/m0/s1. The third kappa shape index (κ3) is 3.12. The third-order valence-corrected chi connectivity index (χ3v) is 3.92. The summed E-state index contributed by atoms with van der Waals surface area (Å²) in [6.07, 6.45) is -0.765. The molecular formula is C19H19NO3. The number of aliphatic hydroxyl groups is 1.